The first kappa shape index (κ1) is 26.8. The van der Waals surface area contributed by atoms with Gasteiger partial charge in [-0.15, -0.1) is 0 Å². The van der Waals surface area contributed by atoms with Crippen molar-refractivity contribution in [3.05, 3.63) is 63.6 Å². The summed E-state index contributed by atoms with van der Waals surface area (Å²) >= 11 is 12.1. The predicted octanol–water partition coefficient (Wildman–Crippen LogP) is 5.03. The minimum absolute atomic E-state index is 0.0783. The topological polar surface area (TPSA) is 75.7 Å². The lowest BCUT2D eigenvalue weighted by molar-refractivity contribution is -0.126. The molecule has 34 heavy (non-hydrogen) atoms. The maximum absolute atomic E-state index is 12.9. The average Bonchev–Trinajstić information content (AvgIpc) is 2.78. The molecular formula is C25H32Cl2N2O4S. The number of rotatable bonds is 8. The Hall–Kier alpha value is -1.80. The van der Waals surface area contributed by atoms with E-state index in [-0.39, 0.29) is 23.6 Å². The molecule has 2 aromatic rings. The number of benzene rings is 2. The van der Waals surface area contributed by atoms with Crippen molar-refractivity contribution in [1.29, 1.82) is 0 Å². The summed E-state index contributed by atoms with van der Waals surface area (Å²) in [6.45, 7) is 7.71. The summed E-state index contributed by atoms with van der Waals surface area (Å²) in [7, 11) is -3.61. The highest BCUT2D eigenvalue weighted by atomic mass is 35.5. The van der Waals surface area contributed by atoms with Gasteiger partial charge in [0.2, 0.25) is 15.9 Å². The fourth-order valence-electron chi connectivity index (χ4n) is 3.87. The van der Waals surface area contributed by atoms with E-state index in [0.29, 0.717) is 48.1 Å². The zero-order chi connectivity index (χ0) is 24.9. The first-order valence-electron chi connectivity index (χ1n) is 11.4. The Kier molecular flexibility index (Phi) is 8.90. The van der Waals surface area contributed by atoms with E-state index >= 15 is 0 Å². The summed E-state index contributed by atoms with van der Waals surface area (Å²) in [6, 6.07) is 12.7. The predicted molar refractivity (Wildman–Crippen MR) is 137 cm³/mol. The van der Waals surface area contributed by atoms with Crippen LogP contribution >= 0.6 is 23.2 Å². The van der Waals surface area contributed by atoms with Gasteiger partial charge in [0, 0.05) is 23.1 Å². The molecule has 0 spiro atoms. The summed E-state index contributed by atoms with van der Waals surface area (Å²) in [5.74, 6) is -0.0245. The highest BCUT2D eigenvalue weighted by Gasteiger charge is 2.32. The molecule has 0 saturated carbocycles. The van der Waals surface area contributed by atoms with E-state index in [0.717, 1.165) is 5.75 Å². The van der Waals surface area contributed by atoms with Crippen LogP contribution in [0.2, 0.25) is 10.0 Å². The van der Waals surface area contributed by atoms with Crippen molar-refractivity contribution in [2.24, 2.45) is 5.92 Å². The molecule has 1 saturated heterocycles. The van der Waals surface area contributed by atoms with Crippen LogP contribution in [0.15, 0.2) is 42.5 Å². The Labute approximate surface area is 212 Å². The molecule has 1 aliphatic heterocycles. The zero-order valence-electron chi connectivity index (χ0n) is 19.8. The van der Waals surface area contributed by atoms with Gasteiger partial charge in [-0.3, -0.25) is 4.79 Å². The lowest BCUT2D eigenvalue weighted by Crippen LogP contribution is -2.46. The molecule has 0 aliphatic carbocycles. The van der Waals surface area contributed by atoms with Crippen molar-refractivity contribution in [2.75, 3.05) is 26.2 Å². The minimum atomic E-state index is -3.61. The number of halogens is 2. The number of amides is 1. The van der Waals surface area contributed by atoms with Crippen LogP contribution < -0.4 is 10.1 Å². The quantitative estimate of drug-likeness (QED) is 0.489. The summed E-state index contributed by atoms with van der Waals surface area (Å²) in [5, 5.41) is 3.64. The Balaban J connectivity index is 1.48. The molecule has 0 bridgehead atoms. The lowest BCUT2D eigenvalue weighted by Gasteiger charge is -2.31. The third-order valence-corrected chi connectivity index (χ3v) is 8.27. The molecule has 0 aromatic heterocycles. The third kappa shape index (κ3) is 7.35. The van der Waals surface area contributed by atoms with Gasteiger partial charge < -0.3 is 10.1 Å². The molecule has 186 valence electrons. The second-order valence-electron chi connectivity index (χ2n) is 9.60. The largest absolute Gasteiger partial charge is 0.492 e. The fraction of sp³-hybridized carbons (Fsp3) is 0.480. The number of ether oxygens (including phenoxy) is 1. The van der Waals surface area contributed by atoms with Gasteiger partial charge in [-0.25, -0.2) is 12.7 Å². The summed E-state index contributed by atoms with van der Waals surface area (Å²) in [6.07, 6.45) is 1.27. The molecule has 2 aromatic carbocycles. The number of piperidine rings is 1. The number of nitrogens with zero attached hydrogens (tertiary/aromatic N) is 1. The Morgan fingerprint density at radius 2 is 1.85 bits per heavy atom. The smallest absolute Gasteiger partial charge is 0.224 e. The number of sulfonamides is 1. The molecule has 1 N–H and O–H groups in total. The summed E-state index contributed by atoms with van der Waals surface area (Å²) < 4.78 is 33.0. The zero-order valence-corrected chi connectivity index (χ0v) is 22.1. The number of carbonyl (C=O) groups is 1. The van der Waals surface area contributed by atoms with E-state index < -0.39 is 15.9 Å². The van der Waals surface area contributed by atoms with Gasteiger partial charge in [0.05, 0.1) is 18.2 Å². The van der Waals surface area contributed by atoms with E-state index in [1.54, 1.807) is 12.1 Å². The van der Waals surface area contributed by atoms with Gasteiger partial charge in [-0.05, 0) is 53.6 Å². The molecule has 1 heterocycles. The van der Waals surface area contributed by atoms with E-state index in [1.165, 1.54) is 15.9 Å². The molecule has 1 fully saturated rings. The number of hydrogen-bond acceptors (Lipinski definition) is 4. The van der Waals surface area contributed by atoms with Crippen LogP contribution in [-0.2, 0) is 26.0 Å². The maximum atomic E-state index is 12.9. The van der Waals surface area contributed by atoms with Crippen LogP contribution in [0, 0.1) is 5.92 Å². The fourth-order valence-corrected chi connectivity index (χ4v) is 6.07. The first-order valence-corrected chi connectivity index (χ1v) is 13.7. The summed E-state index contributed by atoms with van der Waals surface area (Å²) in [5.41, 5.74) is 1.79. The maximum Gasteiger partial charge on any atom is 0.224 e. The van der Waals surface area contributed by atoms with E-state index in [2.05, 4.69) is 26.1 Å². The monoisotopic (exact) mass is 526 g/mol. The van der Waals surface area contributed by atoms with Gasteiger partial charge in [-0.1, -0.05) is 62.2 Å². The third-order valence-electron chi connectivity index (χ3n) is 5.89. The number of nitrogens with one attached hydrogen (secondary N) is 1. The van der Waals surface area contributed by atoms with Gasteiger partial charge in [0.15, 0.2) is 0 Å². The van der Waals surface area contributed by atoms with Crippen molar-refractivity contribution < 1.29 is 17.9 Å². The van der Waals surface area contributed by atoms with Gasteiger partial charge in [0.1, 0.15) is 12.4 Å². The first-order chi connectivity index (χ1) is 16.0. The molecular weight excluding hydrogens is 495 g/mol. The molecule has 1 atom stereocenters. The van der Waals surface area contributed by atoms with Crippen LogP contribution in [0.5, 0.6) is 5.75 Å². The number of carbonyl (C=O) groups excluding carboxylic acids is 1. The Morgan fingerprint density at radius 3 is 2.50 bits per heavy atom. The van der Waals surface area contributed by atoms with Crippen molar-refractivity contribution in [3.63, 3.8) is 0 Å². The van der Waals surface area contributed by atoms with Gasteiger partial charge >= 0.3 is 0 Å². The minimum Gasteiger partial charge on any atom is -0.492 e. The normalized spacial score (nSPS) is 17.4. The van der Waals surface area contributed by atoms with E-state index in [9.17, 15) is 13.2 Å². The molecule has 0 radical (unpaired) electrons. The van der Waals surface area contributed by atoms with Crippen LogP contribution in [0.25, 0.3) is 0 Å². The van der Waals surface area contributed by atoms with Crippen LogP contribution in [0.3, 0.4) is 0 Å². The van der Waals surface area contributed by atoms with Crippen molar-refractivity contribution in [3.8, 4) is 5.75 Å². The molecule has 6 nitrogen and oxygen atoms in total. The standard InChI is InChI=1S/C25H32Cl2N2O4S/c1-25(2,3)20-7-10-22(11-8-20)33-14-12-28-24(30)18-5-4-13-29(16-18)34(31,32)17-19-6-9-21(26)15-23(19)27/h6-11,15,18H,4-5,12-14,16-17H2,1-3H3,(H,28,30). The van der Waals surface area contributed by atoms with Crippen molar-refractivity contribution >= 4 is 39.1 Å². The van der Waals surface area contributed by atoms with Crippen LogP contribution in [0.4, 0.5) is 0 Å². The number of hydrogen-bond donors (Lipinski definition) is 1. The van der Waals surface area contributed by atoms with E-state index in [4.69, 9.17) is 27.9 Å². The van der Waals surface area contributed by atoms with E-state index in [1.807, 2.05) is 24.3 Å². The van der Waals surface area contributed by atoms with Crippen LogP contribution in [0.1, 0.15) is 44.7 Å². The van der Waals surface area contributed by atoms with Crippen molar-refractivity contribution in [2.45, 2.75) is 44.8 Å². The Morgan fingerprint density at radius 1 is 1.15 bits per heavy atom. The highest BCUT2D eigenvalue weighted by molar-refractivity contribution is 7.88. The van der Waals surface area contributed by atoms with Crippen LogP contribution in [-0.4, -0.2) is 44.9 Å². The molecule has 1 aliphatic rings. The van der Waals surface area contributed by atoms with Gasteiger partial charge in [-0.2, -0.15) is 0 Å². The highest BCUT2D eigenvalue weighted by Crippen LogP contribution is 2.27. The Bertz CT molecular complexity index is 1100. The molecule has 1 amide bonds. The summed E-state index contributed by atoms with van der Waals surface area (Å²) in [4.78, 5) is 12.7. The molecule has 1 unspecified atom stereocenters. The SMILES string of the molecule is CC(C)(C)c1ccc(OCCNC(=O)C2CCCN(S(=O)(=O)Cc3ccc(Cl)cc3Cl)C2)cc1. The average molecular weight is 528 g/mol. The van der Waals surface area contributed by atoms with Gasteiger partial charge in [0.25, 0.3) is 0 Å². The second-order valence-corrected chi connectivity index (χ2v) is 12.4. The van der Waals surface area contributed by atoms with Crippen molar-refractivity contribution in [1.82, 2.24) is 9.62 Å². The lowest BCUT2D eigenvalue weighted by atomic mass is 9.87. The molecule has 9 heteroatoms. The molecule has 3 rings (SSSR count). The second kappa shape index (κ2) is 11.3.